The maximum atomic E-state index is 14.4. The molecular formula is C37H51F3N6O8S. The fourth-order valence-corrected chi connectivity index (χ4v) is 8.64. The lowest BCUT2D eigenvalue weighted by atomic mass is 10.0. The number of benzene rings is 1. The zero-order valence-electron chi connectivity index (χ0n) is 31.3. The van der Waals surface area contributed by atoms with Crippen molar-refractivity contribution in [2.45, 2.75) is 132 Å². The molecule has 14 nitrogen and oxygen atoms in total. The Morgan fingerprint density at radius 1 is 1.02 bits per heavy atom. The van der Waals surface area contributed by atoms with Gasteiger partial charge in [-0.3, -0.25) is 23.9 Å². The number of sulfonamides is 1. The summed E-state index contributed by atoms with van der Waals surface area (Å²) >= 11 is 0. The molecule has 4 aliphatic rings. The molecule has 304 valence electrons. The van der Waals surface area contributed by atoms with Crippen molar-refractivity contribution in [2.75, 3.05) is 13.7 Å². The van der Waals surface area contributed by atoms with Crippen LogP contribution in [0.2, 0.25) is 0 Å². The molecule has 1 aromatic rings. The quantitative estimate of drug-likeness (QED) is 0.234. The lowest BCUT2D eigenvalue weighted by molar-refractivity contribution is -0.141. The number of fused-ring (bicyclic) bond motifs is 2. The molecule has 2 saturated carbocycles. The first-order valence-electron chi connectivity index (χ1n) is 19.0. The molecule has 0 spiro atoms. The SMILES string of the molecule is CCC(C)S(=O)(=O)NC(=O)[C@@]12C[C@H]1/C=C\CCCCC[C@H](NC(=O)NC1CCCC1)C(=O)N1C[C@H](NC(=O)c3ccc(OC)c(C(F)(F)F)c3)C[C@H]1C(=O)N2. The monoisotopic (exact) mass is 796 g/mol. The van der Waals surface area contributed by atoms with Gasteiger partial charge in [0.25, 0.3) is 11.8 Å². The van der Waals surface area contributed by atoms with E-state index in [1.54, 1.807) is 13.0 Å². The number of hydrogen-bond donors (Lipinski definition) is 5. The number of halogens is 3. The van der Waals surface area contributed by atoms with Crippen molar-refractivity contribution in [3.05, 3.63) is 41.5 Å². The van der Waals surface area contributed by atoms with Gasteiger partial charge in [-0.25, -0.2) is 13.2 Å². The van der Waals surface area contributed by atoms with E-state index in [2.05, 4.69) is 26.0 Å². The largest absolute Gasteiger partial charge is 0.496 e. The smallest absolute Gasteiger partial charge is 0.419 e. The fraction of sp³-hybridized carbons (Fsp3) is 0.649. The van der Waals surface area contributed by atoms with E-state index in [4.69, 9.17) is 4.74 Å². The van der Waals surface area contributed by atoms with E-state index in [9.17, 15) is 45.6 Å². The van der Waals surface area contributed by atoms with E-state index in [-0.39, 0.29) is 43.8 Å². The number of carbonyl (C=O) groups excluding carboxylic acids is 5. The zero-order chi connectivity index (χ0) is 40.1. The molecule has 18 heteroatoms. The van der Waals surface area contributed by atoms with Crippen LogP contribution in [0.1, 0.15) is 107 Å². The van der Waals surface area contributed by atoms with E-state index >= 15 is 0 Å². The van der Waals surface area contributed by atoms with Gasteiger partial charge in [0.05, 0.1) is 17.9 Å². The number of allylic oxidation sites excluding steroid dienone is 1. The highest BCUT2D eigenvalue weighted by molar-refractivity contribution is 7.90. The van der Waals surface area contributed by atoms with Crippen LogP contribution in [0, 0.1) is 5.92 Å². The van der Waals surface area contributed by atoms with Crippen LogP contribution in [0.5, 0.6) is 5.75 Å². The standard InChI is InChI=1S/C37H51F3N6O8S/c1-4-22(2)55(52,53)45-34(50)36-20-24(36)12-8-6-5-7-9-15-28(43-35(51)42-25-13-10-11-14-25)33(49)46-21-26(19-29(46)32(48)44-36)41-31(47)23-16-17-30(54-3)27(18-23)37(38,39)40/h8,12,16-18,22,24-26,28-29H,4-7,9-11,13-15,19-21H2,1-3H3,(H,41,47)(H,44,48)(H,45,50)(H2,42,43,51)/b12-8-/t22?,24-,26-,28+,29+,36-/m1/s1. The van der Waals surface area contributed by atoms with E-state index in [0.29, 0.717) is 25.3 Å². The number of amides is 6. The maximum absolute atomic E-state index is 14.4. The summed E-state index contributed by atoms with van der Waals surface area (Å²) in [7, 11) is -3.01. The zero-order valence-corrected chi connectivity index (χ0v) is 32.1. The third kappa shape index (κ3) is 9.91. The first-order chi connectivity index (χ1) is 26.0. The number of nitrogens with one attached hydrogen (secondary N) is 5. The summed E-state index contributed by atoms with van der Waals surface area (Å²) in [5.41, 5.74) is -3.13. The second-order valence-electron chi connectivity index (χ2n) is 15.0. The van der Waals surface area contributed by atoms with Gasteiger partial charge in [-0.2, -0.15) is 13.2 Å². The van der Waals surface area contributed by atoms with Crippen molar-refractivity contribution in [1.82, 2.24) is 30.9 Å². The number of carbonyl (C=O) groups is 5. The summed E-state index contributed by atoms with van der Waals surface area (Å²) in [6.45, 7) is 2.88. The number of alkyl halides is 3. The first kappa shape index (κ1) is 41.8. The summed E-state index contributed by atoms with van der Waals surface area (Å²) in [4.78, 5) is 70.1. The summed E-state index contributed by atoms with van der Waals surface area (Å²) in [6.07, 6.45) is 5.41. The van der Waals surface area contributed by atoms with Gasteiger partial charge in [0.2, 0.25) is 21.8 Å². The van der Waals surface area contributed by atoms with Crippen LogP contribution >= 0.6 is 0 Å². The predicted molar refractivity (Wildman–Crippen MR) is 195 cm³/mol. The van der Waals surface area contributed by atoms with E-state index in [1.165, 1.54) is 11.8 Å². The second-order valence-corrected chi connectivity index (χ2v) is 17.1. The molecule has 2 aliphatic heterocycles. The Bertz CT molecular complexity index is 1770. The van der Waals surface area contributed by atoms with Crippen molar-refractivity contribution in [3.63, 3.8) is 0 Å². The van der Waals surface area contributed by atoms with E-state index in [1.807, 2.05) is 6.08 Å². The topological polar surface area (TPSA) is 192 Å². The van der Waals surface area contributed by atoms with Crippen molar-refractivity contribution in [1.29, 1.82) is 0 Å². The Balaban J connectivity index is 1.44. The molecule has 2 aliphatic carbocycles. The molecule has 2 heterocycles. The van der Waals surface area contributed by atoms with Crippen molar-refractivity contribution >= 4 is 39.7 Å². The van der Waals surface area contributed by atoms with E-state index in [0.717, 1.165) is 51.3 Å². The number of rotatable bonds is 9. The van der Waals surface area contributed by atoms with E-state index < -0.39 is 92.0 Å². The summed E-state index contributed by atoms with van der Waals surface area (Å²) in [5.74, 6) is -4.22. The number of methoxy groups -OCH3 is 1. The lowest BCUT2D eigenvalue weighted by Crippen LogP contribution is -2.59. The Hall–Kier alpha value is -4.35. The van der Waals surface area contributed by atoms with Gasteiger partial charge < -0.3 is 30.9 Å². The van der Waals surface area contributed by atoms with Gasteiger partial charge in [-0.1, -0.05) is 44.8 Å². The third-order valence-electron chi connectivity index (χ3n) is 11.1. The summed E-state index contributed by atoms with van der Waals surface area (Å²) < 4.78 is 74.1. The summed E-state index contributed by atoms with van der Waals surface area (Å²) in [6, 6.07) is -1.03. The van der Waals surface area contributed by atoms with Crippen LogP contribution in [-0.2, 0) is 30.6 Å². The second kappa shape index (κ2) is 17.2. The van der Waals surface area contributed by atoms with Crippen LogP contribution in [0.15, 0.2) is 30.4 Å². The molecule has 5 N–H and O–H groups in total. The molecule has 1 unspecified atom stereocenters. The van der Waals surface area contributed by atoms with Crippen LogP contribution in [0.3, 0.4) is 0 Å². The van der Waals surface area contributed by atoms with Gasteiger partial charge in [-0.15, -0.1) is 0 Å². The molecule has 6 atom stereocenters. The van der Waals surface area contributed by atoms with Gasteiger partial charge in [0.15, 0.2) is 0 Å². The number of hydrogen-bond acceptors (Lipinski definition) is 8. The van der Waals surface area contributed by atoms with Crippen LogP contribution in [0.25, 0.3) is 0 Å². The minimum Gasteiger partial charge on any atom is -0.496 e. The number of nitrogens with zero attached hydrogens (tertiary/aromatic N) is 1. The van der Waals surface area contributed by atoms with Gasteiger partial charge in [-0.05, 0) is 76.5 Å². The molecular weight excluding hydrogens is 746 g/mol. The third-order valence-corrected chi connectivity index (χ3v) is 13.0. The first-order valence-corrected chi connectivity index (χ1v) is 20.5. The molecule has 1 saturated heterocycles. The molecule has 0 aromatic heterocycles. The Morgan fingerprint density at radius 2 is 1.73 bits per heavy atom. The van der Waals surface area contributed by atoms with Crippen LogP contribution in [0.4, 0.5) is 18.0 Å². The molecule has 6 amide bonds. The molecule has 1 aromatic carbocycles. The van der Waals surface area contributed by atoms with Crippen molar-refractivity contribution in [2.24, 2.45) is 5.92 Å². The molecule has 0 bridgehead atoms. The van der Waals surface area contributed by atoms with Crippen LogP contribution < -0.4 is 30.7 Å². The Kier molecular flexibility index (Phi) is 13.1. The maximum Gasteiger partial charge on any atom is 0.419 e. The minimum atomic E-state index is -4.82. The highest BCUT2D eigenvalue weighted by Gasteiger charge is 2.61. The fourth-order valence-electron chi connectivity index (χ4n) is 7.56. The highest BCUT2D eigenvalue weighted by atomic mass is 32.2. The predicted octanol–water partition coefficient (Wildman–Crippen LogP) is 3.66. The minimum absolute atomic E-state index is 0.0391. The molecule has 5 rings (SSSR count). The molecule has 0 radical (unpaired) electrons. The van der Waals surface area contributed by atoms with Crippen molar-refractivity contribution in [3.8, 4) is 5.75 Å². The normalized spacial score (nSPS) is 27.6. The number of urea groups is 1. The Morgan fingerprint density at radius 3 is 2.40 bits per heavy atom. The highest BCUT2D eigenvalue weighted by Crippen LogP contribution is 2.46. The lowest BCUT2D eigenvalue weighted by Gasteiger charge is -2.30. The van der Waals surface area contributed by atoms with Gasteiger partial charge in [0.1, 0.15) is 23.4 Å². The Labute approximate surface area is 319 Å². The number of ether oxygens (including phenoxy) is 1. The molecule has 55 heavy (non-hydrogen) atoms. The van der Waals surface area contributed by atoms with Gasteiger partial charge in [0, 0.05) is 30.1 Å². The van der Waals surface area contributed by atoms with Crippen molar-refractivity contribution < 1.29 is 50.3 Å². The summed E-state index contributed by atoms with van der Waals surface area (Å²) in [5, 5.41) is 10.2. The van der Waals surface area contributed by atoms with Gasteiger partial charge >= 0.3 is 12.2 Å². The van der Waals surface area contributed by atoms with Crippen LogP contribution in [-0.4, -0.2) is 91.6 Å². The average Bonchev–Trinajstić information content (AvgIpc) is 3.40. The molecule has 3 fully saturated rings. The average molecular weight is 797 g/mol.